The average Bonchev–Trinajstić information content (AvgIpc) is 3.57. The van der Waals surface area contributed by atoms with Gasteiger partial charge in [0.25, 0.3) is 5.91 Å². The molecule has 0 saturated carbocycles. The SMILES string of the molecule is O=C(C1=CC2(CCN(S(=O)(=O)c3cc(Cl)ccc3Cl)CC2)ON1)N1CCN(c2ncnc3sccc23)CC1. The second-order valence-corrected chi connectivity index (χ2v) is 13.1. The molecule has 10 nitrogen and oxygen atoms in total. The molecule has 0 atom stereocenters. The number of carbonyl (C=O) groups is 1. The first-order valence-electron chi connectivity index (χ1n) is 12.1. The van der Waals surface area contributed by atoms with E-state index in [1.165, 1.54) is 16.4 Å². The second kappa shape index (κ2) is 9.92. The summed E-state index contributed by atoms with van der Waals surface area (Å²) in [7, 11) is -3.81. The van der Waals surface area contributed by atoms with Gasteiger partial charge in [0.15, 0.2) is 0 Å². The number of amides is 1. The number of halogens is 2. The third-order valence-electron chi connectivity index (χ3n) is 7.19. The molecular formula is C24H24Cl2N6O4S2. The smallest absolute Gasteiger partial charge is 0.272 e. The number of hydroxylamine groups is 1. The number of carbonyl (C=O) groups excluding carboxylic acids is 1. The fourth-order valence-corrected chi connectivity index (χ4v) is 7.98. The molecule has 3 aliphatic heterocycles. The zero-order chi connectivity index (χ0) is 26.5. The van der Waals surface area contributed by atoms with Crippen LogP contribution in [-0.4, -0.2) is 78.4 Å². The van der Waals surface area contributed by atoms with Gasteiger partial charge in [-0.3, -0.25) is 15.1 Å². The van der Waals surface area contributed by atoms with Crippen molar-refractivity contribution in [1.29, 1.82) is 0 Å². The Balaban J connectivity index is 1.09. The van der Waals surface area contributed by atoms with Crippen molar-refractivity contribution in [2.24, 2.45) is 0 Å². The summed E-state index contributed by atoms with van der Waals surface area (Å²) in [5, 5.41) is 3.45. The summed E-state index contributed by atoms with van der Waals surface area (Å²) in [5.41, 5.74) is 2.45. The van der Waals surface area contributed by atoms with Crippen LogP contribution in [0.25, 0.3) is 10.2 Å². The third kappa shape index (κ3) is 4.63. The minimum Gasteiger partial charge on any atom is -0.352 e. The number of hydrogen-bond acceptors (Lipinski definition) is 9. The first-order valence-corrected chi connectivity index (χ1v) is 15.2. The Morgan fingerprint density at radius 1 is 1.05 bits per heavy atom. The molecule has 0 radical (unpaired) electrons. The number of benzene rings is 1. The van der Waals surface area contributed by atoms with E-state index in [2.05, 4.69) is 20.3 Å². The minimum atomic E-state index is -3.81. The van der Waals surface area contributed by atoms with Crippen LogP contribution in [0.4, 0.5) is 5.82 Å². The summed E-state index contributed by atoms with van der Waals surface area (Å²) in [4.78, 5) is 32.8. The van der Waals surface area contributed by atoms with Crippen LogP contribution in [0.2, 0.25) is 10.0 Å². The lowest BCUT2D eigenvalue weighted by Crippen LogP contribution is -2.50. The standard InChI is InChI=1S/C24H24Cl2N6O4S2/c25-16-1-2-18(26)20(13-16)38(34,35)32-6-4-24(5-7-32)14-19(29-36-24)23(33)31-10-8-30(9-11-31)21-17-3-12-37-22(17)28-15-27-21/h1-3,12-15,29H,4-11H2. The number of rotatable bonds is 4. The Bertz CT molecular complexity index is 1530. The predicted octanol–water partition coefficient (Wildman–Crippen LogP) is 3.29. The van der Waals surface area contributed by atoms with E-state index >= 15 is 0 Å². The zero-order valence-electron chi connectivity index (χ0n) is 20.1. The fourth-order valence-electron chi connectivity index (χ4n) is 5.07. The van der Waals surface area contributed by atoms with Gasteiger partial charge in [-0.25, -0.2) is 18.4 Å². The molecule has 2 aromatic heterocycles. The topological polar surface area (TPSA) is 108 Å². The van der Waals surface area contributed by atoms with Crippen LogP contribution >= 0.6 is 34.5 Å². The molecule has 38 heavy (non-hydrogen) atoms. The number of aromatic nitrogens is 2. The molecule has 2 saturated heterocycles. The lowest BCUT2D eigenvalue weighted by molar-refractivity contribution is -0.129. The summed E-state index contributed by atoms with van der Waals surface area (Å²) < 4.78 is 27.7. The zero-order valence-corrected chi connectivity index (χ0v) is 23.3. The molecule has 0 aliphatic carbocycles. The number of thiophene rings is 1. The molecule has 1 spiro atoms. The van der Waals surface area contributed by atoms with Crippen LogP contribution in [0.15, 0.2) is 52.6 Å². The second-order valence-electron chi connectivity index (χ2n) is 9.42. The van der Waals surface area contributed by atoms with Crippen molar-refractivity contribution in [2.75, 3.05) is 44.2 Å². The fraction of sp³-hybridized carbons (Fsp3) is 0.375. The monoisotopic (exact) mass is 594 g/mol. The van der Waals surface area contributed by atoms with E-state index in [1.807, 2.05) is 11.4 Å². The minimum absolute atomic E-state index is 0.0136. The van der Waals surface area contributed by atoms with Crippen LogP contribution < -0.4 is 10.4 Å². The summed E-state index contributed by atoms with van der Waals surface area (Å²) in [5.74, 6) is 0.760. The van der Waals surface area contributed by atoms with E-state index in [9.17, 15) is 13.2 Å². The first kappa shape index (κ1) is 25.8. The van der Waals surface area contributed by atoms with Crippen molar-refractivity contribution in [1.82, 2.24) is 24.7 Å². The Kier molecular flexibility index (Phi) is 6.73. The maximum Gasteiger partial charge on any atom is 0.272 e. The van der Waals surface area contributed by atoms with Gasteiger partial charge in [-0.15, -0.1) is 11.3 Å². The third-order valence-corrected chi connectivity index (χ3v) is 10.6. The summed E-state index contributed by atoms with van der Waals surface area (Å²) in [6.45, 7) is 2.86. The summed E-state index contributed by atoms with van der Waals surface area (Å²) in [6, 6.07) is 6.41. The van der Waals surface area contributed by atoms with Gasteiger partial charge in [-0.2, -0.15) is 4.31 Å². The normalized spacial score (nSPS) is 20.1. The van der Waals surface area contributed by atoms with Crippen LogP contribution in [0.5, 0.6) is 0 Å². The van der Waals surface area contributed by atoms with Gasteiger partial charge in [-0.05, 0) is 48.6 Å². The number of nitrogens with zero attached hydrogens (tertiary/aromatic N) is 5. The van der Waals surface area contributed by atoms with Gasteiger partial charge >= 0.3 is 0 Å². The number of piperidine rings is 1. The molecule has 3 aliphatic rings. The molecule has 6 rings (SSSR count). The Hall–Kier alpha value is -2.48. The quantitative estimate of drug-likeness (QED) is 0.490. The Morgan fingerprint density at radius 2 is 1.82 bits per heavy atom. The number of anilines is 1. The van der Waals surface area contributed by atoms with Crippen LogP contribution in [-0.2, 0) is 19.7 Å². The van der Waals surface area contributed by atoms with Crippen molar-refractivity contribution in [3.8, 4) is 0 Å². The highest BCUT2D eigenvalue weighted by molar-refractivity contribution is 7.89. The lowest BCUT2D eigenvalue weighted by atomic mass is 9.92. The molecular weight excluding hydrogens is 571 g/mol. The van der Waals surface area contributed by atoms with Gasteiger partial charge < -0.3 is 9.80 Å². The van der Waals surface area contributed by atoms with Gasteiger partial charge in [0.05, 0.1) is 10.4 Å². The maximum atomic E-state index is 13.3. The summed E-state index contributed by atoms with van der Waals surface area (Å²) >= 11 is 13.7. The molecule has 1 amide bonds. The molecule has 1 N–H and O–H groups in total. The number of fused-ring (bicyclic) bond motifs is 1. The first-order chi connectivity index (χ1) is 18.3. The molecule has 3 aromatic rings. The van der Waals surface area contributed by atoms with E-state index in [0.29, 0.717) is 49.7 Å². The highest BCUT2D eigenvalue weighted by atomic mass is 35.5. The van der Waals surface area contributed by atoms with Crippen molar-refractivity contribution >= 4 is 66.5 Å². The van der Waals surface area contributed by atoms with E-state index in [-0.39, 0.29) is 28.9 Å². The van der Waals surface area contributed by atoms with E-state index < -0.39 is 15.6 Å². The average molecular weight is 596 g/mol. The molecule has 0 unspecified atom stereocenters. The number of piperazine rings is 1. The number of hydrogen-bond donors (Lipinski definition) is 1. The molecule has 14 heteroatoms. The molecule has 2 fully saturated rings. The van der Waals surface area contributed by atoms with E-state index in [1.54, 1.807) is 34.7 Å². The van der Waals surface area contributed by atoms with E-state index in [0.717, 1.165) is 16.0 Å². The van der Waals surface area contributed by atoms with Crippen molar-refractivity contribution in [3.05, 3.63) is 57.8 Å². The molecule has 0 bridgehead atoms. The number of nitrogens with one attached hydrogen (secondary N) is 1. The van der Waals surface area contributed by atoms with Gasteiger partial charge in [0.2, 0.25) is 10.0 Å². The predicted molar refractivity (Wildman–Crippen MR) is 146 cm³/mol. The maximum absolute atomic E-state index is 13.3. The number of sulfonamides is 1. The van der Waals surface area contributed by atoms with Gasteiger partial charge in [-0.1, -0.05) is 23.2 Å². The van der Waals surface area contributed by atoms with Gasteiger partial charge in [0, 0.05) is 44.3 Å². The lowest BCUT2D eigenvalue weighted by Gasteiger charge is -2.36. The van der Waals surface area contributed by atoms with Crippen molar-refractivity contribution in [2.45, 2.75) is 23.3 Å². The largest absolute Gasteiger partial charge is 0.352 e. The molecule has 5 heterocycles. The van der Waals surface area contributed by atoms with Gasteiger partial charge in [0.1, 0.15) is 33.2 Å². The van der Waals surface area contributed by atoms with E-state index in [4.69, 9.17) is 28.0 Å². The van der Waals surface area contributed by atoms with Crippen molar-refractivity contribution < 1.29 is 18.0 Å². The highest BCUT2D eigenvalue weighted by Gasteiger charge is 2.43. The van der Waals surface area contributed by atoms with Crippen LogP contribution in [0.1, 0.15) is 12.8 Å². The highest BCUT2D eigenvalue weighted by Crippen LogP contribution is 2.36. The van der Waals surface area contributed by atoms with Crippen molar-refractivity contribution in [3.63, 3.8) is 0 Å². The van der Waals surface area contributed by atoms with Crippen LogP contribution in [0, 0.1) is 0 Å². The Morgan fingerprint density at radius 3 is 2.58 bits per heavy atom. The molecule has 1 aromatic carbocycles. The summed E-state index contributed by atoms with van der Waals surface area (Å²) in [6.07, 6.45) is 4.17. The Labute approximate surface area is 233 Å². The van der Waals surface area contributed by atoms with Crippen LogP contribution in [0.3, 0.4) is 0 Å². The molecule has 200 valence electrons.